The molecule has 2 amide bonds. The SMILES string of the molecule is O=C1CN(C(=O)c2cccc(F)c2F)c2ccccc2N1. The highest BCUT2D eigenvalue weighted by molar-refractivity contribution is 6.15. The van der Waals surface area contributed by atoms with Gasteiger partial charge in [0.05, 0.1) is 16.9 Å². The Hall–Kier alpha value is -2.76. The first-order valence-corrected chi connectivity index (χ1v) is 6.22. The van der Waals surface area contributed by atoms with Crippen LogP contribution in [0, 0.1) is 11.6 Å². The molecule has 2 aromatic rings. The van der Waals surface area contributed by atoms with Crippen molar-refractivity contribution in [1.29, 1.82) is 0 Å². The van der Waals surface area contributed by atoms with Crippen molar-refractivity contribution >= 4 is 23.2 Å². The normalized spacial score (nSPS) is 13.6. The molecule has 0 aromatic heterocycles. The Morgan fingerprint density at radius 1 is 1.10 bits per heavy atom. The van der Waals surface area contributed by atoms with Crippen molar-refractivity contribution in [2.75, 3.05) is 16.8 Å². The number of hydrogen-bond donors (Lipinski definition) is 1. The average Bonchev–Trinajstić information content (AvgIpc) is 2.48. The third-order valence-electron chi connectivity index (χ3n) is 3.20. The molecule has 3 rings (SSSR count). The van der Waals surface area contributed by atoms with Crippen LogP contribution in [0.5, 0.6) is 0 Å². The van der Waals surface area contributed by atoms with Gasteiger partial charge in [0.25, 0.3) is 5.91 Å². The Labute approximate surface area is 119 Å². The lowest BCUT2D eigenvalue weighted by Gasteiger charge is -2.29. The molecule has 0 radical (unpaired) electrons. The summed E-state index contributed by atoms with van der Waals surface area (Å²) in [6, 6.07) is 10.0. The first kappa shape index (κ1) is 13.2. The number of nitrogens with one attached hydrogen (secondary N) is 1. The van der Waals surface area contributed by atoms with Gasteiger partial charge in [0, 0.05) is 0 Å². The van der Waals surface area contributed by atoms with Gasteiger partial charge in [0.15, 0.2) is 11.6 Å². The van der Waals surface area contributed by atoms with Crippen LogP contribution < -0.4 is 10.2 Å². The highest BCUT2D eigenvalue weighted by Crippen LogP contribution is 2.30. The minimum Gasteiger partial charge on any atom is -0.323 e. The molecular weight excluding hydrogens is 278 g/mol. The summed E-state index contributed by atoms with van der Waals surface area (Å²) >= 11 is 0. The molecule has 0 saturated heterocycles. The molecule has 0 bridgehead atoms. The van der Waals surface area contributed by atoms with Crippen LogP contribution in [0.4, 0.5) is 20.2 Å². The van der Waals surface area contributed by atoms with Gasteiger partial charge >= 0.3 is 0 Å². The zero-order valence-corrected chi connectivity index (χ0v) is 10.8. The first-order chi connectivity index (χ1) is 10.1. The van der Waals surface area contributed by atoms with E-state index in [4.69, 9.17) is 0 Å². The van der Waals surface area contributed by atoms with Crippen molar-refractivity contribution in [3.63, 3.8) is 0 Å². The Morgan fingerprint density at radius 3 is 2.67 bits per heavy atom. The van der Waals surface area contributed by atoms with E-state index in [1.54, 1.807) is 24.3 Å². The summed E-state index contributed by atoms with van der Waals surface area (Å²) in [4.78, 5) is 25.2. The van der Waals surface area contributed by atoms with E-state index in [1.807, 2.05) is 0 Å². The first-order valence-electron chi connectivity index (χ1n) is 6.22. The molecule has 0 saturated carbocycles. The monoisotopic (exact) mass is 288 g/mol. The number of fused-ring (bicyclic) bond motifs is 1. The standard InChI is InChI=1S/C15H10F2N2O2/c16-10-5-3-4-9(14(10)17)15(21)19-8-13(20)18-11-6-1-2-7-12(11)19/h1-7H,8H2,(H,18,20). The second kappa shape index (κ2) is 4.97. The second-order valence-electron chi connectivity index (χ2n) is 4.56. The summed E-state index contributed by atoms with van der Waals surface area (Å²) in [5.41, 5.74) is 0.504. The number of para-hydroxylation sites is 2. The van der Waals surface area contributed by atoms with Gasteiger partial charge in [-0.1, -0.05) is 18.2 Å². The molecule has 6 heteroatoms. The van der Waals surface area contributed by atoms with Crippen molar-refractivity contribution in [3.05, 3.63) is 59.7 Å². The number of nitrogens with zero attached hydrogens (tertiary/aromatic N) is 1. The molecule has 2 aromatic carbocycles. The topological polar surface area (TPSA) is 49.4 Å². The maximum absolute atomic E-state index is 13.8. The highest BCUT2D eigenvalue weighted by Gasteiger charge is 2.29. The van der Waals surface area contributed by atoms with Crippen molar-refractivity contribution in [1.82, 2.24) is 0 Å². The average molecular weight is 288 g/mol. The van der Waals surface area contributed by atoms with E-state index in [0.29, 0.717) is 11.4 Å². The molecule has 1 heterocycles. The smallest absolute Gasteiger partial charge is 0.261 e. The molecule has 0 atom stereocenters. The van der Waals surface area contributed by atoms with Crippen LogP contribution in [0.3, 0.4) is 0 Å². The lowest BCUT2D eigenvalue weighted by Crippen LogP contribution is -2.42. The molecule has 0 unspecified atom stereocenters. The lowest BCUT2D eigenvalue weighted by atomic mass is 10.1. The molecular formula is C15H10F2N2O2. The predicted molar refractivity (Wildman–Crippen MR) is 73.1 cm³/mol. The minimum absolute atomic E-state index is 0.244. The van der Waals surface area contributed by atoms with E-state index in [2.05, 4.69) is 5.32 Å². The number of amides is 2. The quantitative estimate of drug-likeness (QED) is 0.876. The Bertz CT molecular complexity index is 746. The Morgan fingerprint density at radius 2 is 1.86 bits per heavy atom. The number of anilines is 2. The number of rotatable bonds is 1. The molecule has 0 spiro atoms. The van der Waals surface area contributed by atoms with Gasteiger partial charge in [-0.3, -0.25) is 14.5 Å². The van der Waals surface area contributed by atoms with Crippen LogP contribution in [0.2, 0.25) is 0 Å². The van der Waals surface area contributed by atoms with Crippen LogP contribution in [0.15, 0.2) is 42.5 Å². The van der Waals surface area contributed by atoms with E-state index in [1.165, 1.54) is 12.1 Å². The molecule has 0 aliphatic carbocycles. The third-order valence-corrected chi connectivity index (χ3v) is 3.20. The van der Waals surface area contributed by atoms with Crippen LogP contribution in [0.25, 0.3) is 0 Å². The molecule has 1 N–H and O–H groups in total. The fourth-order valence-corrected chi connectivity index (χ4v) is 2.23. The zero-order chi connectivity index (χ0) is 15.0. The number of carbonyl (C=O) groups excluding carboxylic acids is 2. The van der Waals surface area contributed by atoms with Crippen LogP contribution in [0.1, 0.15) is 10.4 Å². The number of benzene rings is 2. The summed E-state index contributed by atoms with van der Waals surface area (Å²) in [5.74, 6) is -3.46. The van der Waals surface area contributed by atoms with Crippen molar-refractivity contribution in [2.45, 2.75) is 0 Å². The molecule has 4 nitrogen and oxygen atoms in total. The lowest BCUT2D eigenvalue weighted by molar-refractivity contribution is -0.115. The maximum Gasteiger partial charge on any atom is 0.261 e. The minimum atomic E-state index is -1.22. The summed E-state index contributed by atoms with van der Waals surface area (Å²) in [6.07, 6.45) is 0. The number of halogens is 2. The summed E-state index contributed by atoms with van der Waals surface area (Å²) in [6.45, 7) is -0.244. The summed E-state index contributed by atoms with van der Waals surface area (Å²) < 4.78 is 27.0. The Kier molecular flexibility index (Phi) is 3.13. The van der Waals surface area contributed by atoms with Crippen molar-refractivity contribution < 1.29 is 18.4 Å². The molecule has 0 fully saturated rings. The summed E-state index contributed by atoms with van der Waals surface area (Å²) in [7, 11) is 0. The predicted octanol–water partition coefficient (Wildman–Crippen LogP) is 2.56. The van der Waals surface area contributed by atoms with Crippen molar-refractivity contribution in [3.8, 4) is 0 Å². The van der Waals surface area contributed by atoms with Gasteiger partial charge in [-0.05, 0) is 24.3 Å². The largest absolute Gasteiger partial charge is 0.323 e. The molecule has 106 valence electrons. The van der Waals surface area contributed by atoms with E-state index < -0.39 is 23.1 Å². The van der Waals surface area contributed by atoms with Gasteiger partial charge in [0.1, 0.15) is 6.54 Å². The highest BCUT2D eigenvalue weighted by atomic mass is 19.2. The molecule has 1 aliphatic heterocycles. The van der Waals surface area contributed by atoms with E-state index >= 15 is 0 Å². The van der Waals surface area contributed by atoms with Crippen LogP contribution in [-0.2, 0) is 4.79 Å². The summed E-state index contributed by atoms with van der Waals surface area (Å²) in [5, 5.41) is 2.62. The fraction of sp³-hybridized carbons (Fsp3) is 0.0667. The van der Waals surface area contributed by atoms with Gasteiger partial charge in [0.2, 0.25) is 5.91 Å². The van der Waals surface area contributed by atoms with Crippen molar-refractivity contribution in [2.24, 2.45) is 0 Å². The second-order valence-corrected chi connectivity index (χ2v) is 4.56. The van der Waals surface area contributed by atoms with Gasteiger partial charge < -0.3 is 5.32 Å². The van der Waals surface area contributed by atoms with Gasteiger partial charge in [-0.2, -0.15) is 0 Å². The fourth-order valence-electron chi connectivity index (χ4n) is 2.23. The molecule has 1 aliphatic rings. The van der Waals surface area contributed by atoms with E-state index in [0.717, 1.165) is 11.0 Å². The number of hydrogen-bond acceptors (Lipinski definition) is 2. The third kappa shape index (κ3) is 2.24. The number of carbonyl (C=O) groups is 2. The van der Waals surface area contributed by atoms with Gasteiger partial charge in [-0.15, -0.1) is 0 Å². The Balaban J connectivity index is 2.06. The van der Waals surface area contributed by atoms with E-state index in [9.17, 15) is 18.4 Å². The van der Waals surface area contributed by atoms with E-state index in [-0.39, 0.29) is 12.5 Å². The van der Waals surface area contributed by atoms with Crippen LogP contribution in [-0.4, -0.2) is 18.4 Å². The molecule has 21 heavy (non-hydrogen) atoms. The maximum atomic E-state index is 13.8. The van der Waals surface area contributed by atoms with Crippen LogP contribution >= 0.6 is 0 Å². The zero-order valence-electron chi connectivity index (χ0n) is 10.8. The van der Waals surface area contributed by atoms with Gasteiger partial charge in [-0.25, -0.2) is 8.78 Å².